The van der Waals surface area contributed by atoms with Gasteiger partial charge in [0, 0.05) is 18.8 Å². The van der Waals surface area contributed by atoms with Crippen molar-refractivity contribution in [2.75, 3.05) is 6.54 Å². The third kappa shape index (κ3) is 2.26. The number of nitrogens with zero attached hydrogens (tertiary/aromatic N) is 1. The summed E-state index contributed by atoms with van der Waals surface area (Å²) < 4.78 is 0. The van der Waals surface area contributed by atoms with E-state index in [0.717, 1.165) is 19.4 Å². The molecule has 1 heterocycles. The Labute approximate surface area is 107 Å². The second kappa shape index (κ2) is 4.84. The van der Waals surface area contributed by atoms with Crippen molar-refractivity contribution in [1.82, 2.24) is 10.2 Å². The standard InChI is InChI=1S/C15H18N2O/c18-15-16-14-9-5-4-8-13(14)11-17(15)10-12-6-2-1-3-7-12/h1-3,6-7H,4-5,8-11H2,(H,16,18). The number of amides is 2. The number of urea groups is 1. The third-order valence-electron chi connectivity index (χ3n) is 3.73. The van der Waals surface area contributed by atoms with E-state index in [9.17, 15) is 4.79 Å². The van der Waals surface area contributed by atoms with Crippen LogP contribution in [0.3, 0.4) is 0 Å². The maximum Gasteiger partial charge on any atom is 0.322 e. The topological polar surface area (TPSA) is 32.3 Å². The molecular weight excluding hydrogens is 224 g/mol. The van der Waals surface area contributed by atoms with E-state index in [4.69, 9.17) is 0 Å². The van der Waals surface area contributed by atoms with Crippen LogP contribution in [0.5, 0.6) is 0 Å². The second-order valence-electron chi connectivity index (χ2n) is 5.06. The van der Waals surface area contributed by atoms with Gasteiger partial charge in [0.15, 0.2) is 0 Å². The summed E-state index contributed by atoms with van der Waals surface area (Å²) in [5.41, 5.74) is 3.81. The van der Waals surface area contributed by atoms with Crippen molar-refractivity contribution in [3.05, 3.63) is 47.2 Å². The van der Waals surface area contributed by atoms with Gasteiger partial charge < -0.3 is 10.2 Å². The summed E-state index contributed by atoms with van der Waals surface area (Å²) in [5, 5.41) is 3.06. The quantitative estimate of drug-likeness (QED) is 0.849. The van der Waals surface area contributed by atoms with Gasteiger partial charge in [-0.25, -0.2) is 4.79 Å². The first-order chi connectivity index (χ1) is 8.83. The van der Waals surface area contributed by atoms with Crippen LogP contribution in [-0.2, 0) is 6.54 Å². The maximum absolute atomic E-state index is 12.0. The van der Waals surface area contributed by atoms with Gasteiger partial charge in [0.2, 0.25) is 0 Å². The molecule has 1 aliphatic heterocycles. The molecule has 94 valence electrons. The number of allylic oxidation sites excluding steroid dienone is 1. The third-order valence-corrected chi connectivity index (χ3v) is 3.73. The van der Waals surface area contributed by atoms with Crippen LogP contribution in [-0.4, -0.2) is 17.5 Å². The van der Waals surface area contributed by atoms with E-state index in [1.807, 2.05) is 23.1 Å². The van der Waals surface area contributed by atoms with Gasteiger partial charge in [-0.2, -0.15) is 0 Å². The first-order valence-corrected chi connectivity index (χ1v) is 6.64. The molecule has 2 amide bonds. The van der Waals surface area contributed by atoms with Gasteiger partial charge in [-0.3, -0.25) is 0 Å². The number of benzene rings is 1. The molecule has 3 nitrogen and oxygen atoms in total. The second-order valence-corrected chi connectivity index (χ2v) is 5.06. The summed E-state index contributed by atoms with van der Waals surface area (Å²) in [7, 11) is 0. The Hall–Kier alpha value is -1.77. The van der Waals surface area contributed by atoms with Gasteiger partial charge in [-0.1, -0.05) is 30.3 Å². The molecule has 0 bridgehead atoms. The fourth-order valence-electron chi connectivity index (χ4n) is 2.74. The van der Waals surface area contributed by atoms with Crippen molar-refractivity contribution in [3.8, 4) is 0 Å². The smallest absolute Gasteiger partial charge is 0.316 e. The van der Waals surface area contributed by atoms with Crippen molar-refractivity contribution in [2.24, 2.45) is 0 Å². The summed E-state index contributed by atoms with van der Waals surface area (Å²) >= 11 is 0. The Morgan fingerprint density at radius 1 is 1.11 bits per heavy atom. The number of nitrogens with one attached hydrogen (secondary N) is 1. The van der Waals surface area contributed by atoms with Crippen molar-refractivity contribution in [2.45, 2.75) is 32.2 Å². The van der Waals surface area contributed by atoms with Crippen LogP contribution < -0.4 is 5.32 Å². The summed E-state index contributed by atoms with van der Waals surface area (Å²) in [6, 6.07) is 10.2. The fraction of sp³-hybridized carbons (Fsp3) is 0.400. The molecule has 0 aromatic heterocycles. The highest BCUT2D eigenvalue weighted by atomic mass is 16.2. The van der Waals surface area contributed by atoms with Gasteiger partial charge in [-0.15, -0.1) is 0 Å². The minimum absolute atomic E-state index is 0.0551. The molecule has 0 unspecified atom stereocenters. The molecule has 0 saturated heterocycles. The normalized spacial score (nSPS) is 19.6. The molecule has 1 aromatic carbocycles. The Morgan fingerprint density at radius 3 is 2.72 bits per heavy atom. The van der Waals surface area contributed by atoms with Crippen LogP contribution in [0.1, 0.15) is 31.2 Å². The Bertz CT molecular complexity index is 479. The molecule has 0 radical (unpaired) electrons. The molecule has 0 atom stereocenters. The number of rotatable bonds is 2. The molecular formula is C15H18N2O. The van der Waals surface area contributed by atoms with Crippen molar-refractivity contribution in [1.29, 1.82) is 0 Å². The van der Waals surface area contributed by atoms with Crippen LogP contribution in [0.15, 0.2) is 41.6 Å². The molecule has 0 saturated carbocycles. The highest BCUT2D eigenvalue weighted by Gasteiger charge is 2.25. The van der Waals surface area contributed by atoms with E-state index < -0.39 is 0 Å². The lowest BCUT2D eigenvalue weighted by molar-refractivity contribution is 0.195. The summed E-state index contributed by atoms with van der Waals surface area (Å²) in [6.45, 7) is 1.50. The van der Waals surface area contributed by atoms with E-state index in [1.54, 1.807) is 0 Å². The predicted molar refractivity (Wildman–Crippen MR) is 70.9 cm³/mol. The first kappa shape index (κ1) is 11.3. The highest BCUT2D eigenvalue weighted by molar-refractivity contribution is 5.78. The Morgan fingerprint density at radius 2 is 1.89 bits per heavy atom. The number of hydrogen-bond acceptors (Lipinski definition) is 1. The molecule has 2 aliphatic rings. The van der Waals surface area contributed by atoms with E-state index in [1.165, 1.54) is 29.7 Å². The van der Waals surface area contributed by atoms with Gasteiger partial charge in [0.05, 0.1) is 0 Å². The monoisotopic (exact) mass is 242 g/mol. The van der Waals surface area contributed by atoms with Crippen LogP contribution in [0.2, 0.25) is 0 Å². The molecule has 1 aromatic rings. The predicted octanol–water partition coefficient (Wildman–Crippen LogP) is 3.04. The van der Waals surface area contributed by atoms with Crippen molar-refractivity contribution >= 4 is 6.03 Å². The molecule has 0 spiro atoms. The average molecular weight is 242 g/mol. The van der Waals surface area contributed by atoms with E-state index in [0.29, 0.717) is 6.54 Å². The number of carbonyl (C=O) groups excluding carboxylic acids is 1. The van der Waals surface area contributed by atoms with Gasteiger partial charge >= 0.3 is 6.03 Å². The Balaban J connectivity index is 1.74. The zero-order valence-electron chi connectivity index (χ0n) is 10.5. The van der Waals surface area contributed by atoms with Crippen LogP contribution >= 0.6 is 0 Å². The molecule has 3 rings (SSSR count). The SMILES string of the molecule is O=C1NC2=C(CCCC2)CN1Cc1ccccc1. The zero-order chi connectivity index (χ0) is 12.4. The average Bonchev–Trinajstić information content (AvgIpc) is 2.41. The van der Waals surface area contributed by atoms with Gasteiger partial charge in [-0.05, 0) is 36.8 Å². The van der Waals surface area contributed by atoms with Gasteiger partial charge in [0.25, 0.3) is 0 Å². The minimum atomic E-state index is 0.0551. The molecule has 0 fully saturated rings. The summed E-state index contributed by atoms with van der Waals surface area (Å²) in [5.74, 6) is 0. The zero-order valence-corrected chi connectivity index (χ0v) is 10.5. The maximum atomic E-state index is 12.0. The number of hydrogen-bond donors (Lipinski definition) is 1. The fourth-order valence-corrected chi connectivity index (χ4v) is 2.74. The highest BCUT2D eigenvalue weighted by Crippen LogP contribution is 2.27. The molecule has 3 heteroatoms. The largest absolute Gasteiger partial charge is 0.322 e. The Kier molecular flexibility index (Phi) is 3.05. The van der Waals surface area contributed by atoms with E-state index in [2.05, 4.69) is 17.4 Å². The van der Waals surface area contributed by atoms with Gasteiger partial charge in [0.1, 0.15) is 0 Å². The molecule has 1 aliphatic carbocycles. The lowest BCUT2D eigenvalue weighted by atomic mass is 9.94. The van der Waals surface area contributed by atoms with Crippen LogP contribution in [0.4, 0.5) is 4.79 Å². The first-order valence-electron chi connectivity index (χ1n) is 6.64. The summed E-state index contributed by atoms with van der Waals surface area (Å²) in [6.07, 6.45) is 4.65. The lowest BCUT2D eigenvalue weighted by Crippen LogP contribution is -2.45. The summed E-state index contributed by atoms with van der Waals surface area (Å²) in [4.78, 5) is 13.9. The van der Waals surface area contributed by atoms with Crippen molar-refractivity contribution in [3.63, 3.8) is 0 Å². The minimum Gasteiger partial charge on any atom is -0.316 e. The number of carbonyl (C=O) groups is 1. The van der Waals surface area contributed by atoms with Crippen LogP contribution in [0.25, 0.3) is 0 Å². The lowest BCUT2D eigenvalue weighted by Gasteiger charge is -2.33. The van der Waals surface area contributed by atoms with Crippen molar-refractivity contribution < 1.29 is 4.79 Å². The van der Waals surface area contributed by atoms with Crippen LogP contribution in [0, 0.1) is 0 Å². The van der Waals surface area contributed by atoms with E-state index >= 15 is 0 Å². The molecule has 18 heavy (non-hydrogen) atoms. The van der Waals surface area contributed by atoms with E-state index in [-0.39, 0.29) is 6.03 Å². The molecule has 1 N–H and O–H groups in total.